The van der Waals surface area contributed by atoms with Crippen LogP contribution in [-0.2, 0) is 4.79 Å². The zero-order valence-corrected chi connectivity index (χ0v) is 15.5. The van der Waals surface area contributed by atoms with Crippen molar-refractivity contribution in [1.82, 2.24) is 9.80 Å². The average molecular weight is 372 g/mol. The van der Waals surface area contributed by atoms with Crippen LogP contribution >= 0.6 is 0 Å². The quantitative estimate of drug-likeness (QED) is 0.606. The van der Waals surface area contributed by atoms with Gasteiger partial charge in [-0.25, -0.2) is 0 Å². The largest absolute Gasteiger partial charge is 0.309 e. The van der Waals surface area contributed by atoms with Gasteiger partial charge in [0.15, 0.2) is 0 Å². The van der Waals surface area contributed by atoms with E-state index in [0.717, 1.165) is 16.0 Å². The Labute approximate surface area is 163 Å². The van der Waals surface area contributed by atoms with Gasteiger partial charge >= 0.3 is 0 Å². The number of imide groups is 1. The van der Waals surface area contributed by atoms with Crippen LogP contribution in [0, 0.1) is 0 Å². The van der Waals surface area contributed by atoms with Crippen molar-refractivity contribution >= 4 is 23.8 Å². The molecule has 0 bridgehead atoms. The van der Waals surface area contributed by atoms with E-state index >= 15 is 0 Å². The van der Waals surface area contributed by atoms with Gasteiger partial charge in [0.25, 0.3) is 11.8 Å². The van der Waals surface area contributed by atoms with Gasteiger partial charge in [-0.2, -0.15) is 0 Å². The van der Waals surface area contributed by atoms with Crippen molar-refractivity contribution in [2.24, 2.45) is 0 Å². The molecule has 0 saturated heterocycles. The van der Waals surface area contributed by atoms with E-state index in [1.165, 1.54) is 0 Å². The van der Waals surface area contributed by atoms with Crippen LogP contribution in [0.1, 0.15) is 51.2 Å². The van der Waals surface area contributed by atoms with Crippen LogP contribution in [-0.4, -0.2) is 33.6 Å². The molecule has 2 aliphatic rings. The molecule has 2 aliphatic heterocycles. The molecule has 0 radical (unpaired) electrons. The van der Waals surface area contributed by atoms with Crippen molar-refractivity contribution in [3.63, 3.8) is 0 Å². The first-order valence-electron chi connectivity index (χ1n) is 9.21. The summed E-state index contributed by atoms with van der Waals surface area (Å²) in [7, 11) is 0. The summed E-state index contributed by atoms with van der Waals surface area (Å²) in [5, 5.41) is 0. The van der Waals surface area contributed by atoms with Crippen LogP contribution in [0.25, 0.3) is 6.08 Å². The molecule has 0 aromatic heterocycles. The predicted octanol–water partition coefficient (Wildman–Crippen LogP) is 3.80. The lowest BCUT2D eigenvalue weighted by molar-refractivity contribution is -0.134. The Morgan fingerprint density at radius 1 is 1.07 bits per heavy atom. The van der Waals surface area contributed by atoms with Crippen molar-refractivity contribution in [2.75, 3.05) is 0 Å². The lowest BCUT2D eigenvalue weighted by Gasteiger charge is -2.36. The highest BCUT2D eigenvalue weighted by molar-refractivity contribution is 6.22. The minimum Gasteiger partial charge on any atom is -0.309 e. The van der Waals surface area contributed by atoms with Crippen molar-refractivity contribution in [3.05, 3.63) is 89.6 Å². The van der Waals surface area contributed by atoms with Crippen molar-refractivity contribution in [1.29, 1.82) is 0 Å². The van der Waals surface area contributed by atoms with Crippen molar-refractivity contribution in [2.45, 2.75) is 25.4 Å². The fourth-order valence-electron chi connectivity index (χ4n) is 3.89. The minimum absolute atomic E-state index is 0.219. The predicted molar refractivity (Wildman–Crippen MR) is 106 cm³/mol. The third kappa shape index (κ3) is 2.67. The van der Waals surface area contributed by atoms with Crippen LogP contribution in [0.4, 0.5) is 0 Å². The molecule has 2 atom stereocenters. The molecule has 28 heavy (non-hydrogen) atoms. The zero-order valence-electron chi connectivity index (χ0n) is 15.5. The lowest BCUT2D eigenvalue weighted by Crippen LogP contribution is -2.49. The topological polar surface area (TPSA) is 57.7 Å². The number of amides is 3. The van der Waals surface area contributed by atoms with Gasteiger partial charge in [0.1, 0.15) is 6.04 Å². The second kappa shape index (κ2) is 6.93. The second-order valence-electron chi connectivity index (χ2n) is 6.93. The van der Waals surface area contributed by atoms with E-state index in [4.69, 9.17) is 0 Å². The molecule has 0 saturated carbocycles. The van der Waals surface area contributed by atoms with E-state index in [1.807, 2.05) is 30.3 Å². The Morgan fingerprint density at radius 3 is 2.32 bits per heavy atom. The number of hydrogen-bond donors (Lipinski definition) is 0. The molecule has 0 aliphatic carbocycles. The maximum atomic E-state index is 13.3. The molecule has 2 heterocycles. The van der Waals surface area contributed by atoms with E-state index in [0.29, 0.717) is 17.5 Å². The third-order valence-electron chi connectivity index (χ3n) is 5.32. The number of nitrogens with zero attached hydrogens (tertiary/aromatic N) is 2. The van der Waals surface area contributed by atoms with Crippen molar-refractivity contribution in [3.8, 4) is 0 Å². The van der Waals surface area contributed by atoms with Gasteiger partial charge in [0.2, 0.25) is 5.91 Å². The molecular formula is C23H20N2O3. The fourth-order valence-corrected chi connectivity index (χ4v) is 3.89. The highest BCUT2D eigenvalue weighted by Crippen LogP contribution is 2.34. The minimum atomic E-state index is -0.908. The van der Waals surface area contributed by atoms with Gasteiger partial charge in [0, 0.05) is 6.20 Å². The molecule has 5 nitrogen and oxygen atoms in total. The van der Waals surface area contributed by atoms with Gasteiger partial charge in [-0.1, -0.05) is 42.5 Å². The first kappa shape index (κ1) is 17.9. The van der Waals surface area contributed by atoms with E-state index in [-0.39, 0.29) is 11.9 Å². The molecule has 1 unspecified atom stereocenters. The SMILES string of the molecule is C=CCC1c2ccccc2C=CN1C(=O)[C@H](C)N1C(=O)c2ccccc2C1=O. The van der Waals surface area contributed by atoms with Gasteiger partial charge in [0.05, 0.1) is 17.2 Å². The molecule has 2 aromatic carbocycles. The zero-order chi connectivity index (χ0) is 19.8. The molecule has 0 spiro atoms. The Balaban J connectivity index is 1.65. The number of hydrogen-bond acceptors (Lipinski definition) is 3. The average Bonchev–Trinajstić information content (AvgIpc) is 2.98. The molecule has 3 amide bonds. The summed E-state index contributed by atoms with van der Waals surface area (Å²) < 4.78 is 0. The van der Waals surface area contributed by atoms with E-state index in [9.17, 15) is 14.4 Å². The summed E-state index contributed by atoms with van der Waals surface area (Å²) in [5.41, 5.74) is 2.75. The summed E-state index contributed by atoms with van der Waals surface area (Å²) in [6, 6.07) is 13.4. The summed E-state index contributed by atoms with van der Waals surface area (Å²) >= 11 is 0. The number of benzene rings is 2. The van der Waals surface area contributed by atoms with Crippen LogP contribution in [0.5, 0.6) is 0 Å². The van der Waals surface area contributed by atoms with Gasteiger partial charge in [-0.3, -0.25) is 19.3 Å². The molecule has 2 aromatic rings. The van der Waals surface area contributed by atoms with Gasteiger partial charge in [-0.15, -0.1) is 6.58 Å². The van der Waals surface area contributed by atoms with E-state index in [2.05, 4.69) is 6.58 Å². The lowest BCUT2D eigenvalue weighted by atomic mass is 9.93. The Kier molecular flexibility index (Phi) is 4.43. The molecule has 0 fully saturated rings. The van der Waals surface area contributed by atoms with Crippen LogP contribution in [0.15, 0.2) is 67.4 Å². The highest BCUT2D eigenvalue weighted by atomic mass is 16.2. The second-order valence-corrected chi connectivity index (χ2v) is 6.93. The smallest absolute Gasteiger partial charge is 0.262 e. The van der Waals surface area contributed by atoms with Crippen molar-refractivity contribution < 1.29 is 14.4 Å². The third-order valence-corrected chi connectivity index (χ3v) is 5.32. The molecule has 140 valence electrons. The van der Waals surface area contributed by atoms with Crippen LogP contribution in [0.3, 0.4) is 0 Å². The Bertz CT molecular complexity index is 989. The van der Waals surface area contributed by atoms with Crippen LogP contribution < -0.4 is 0 Å². The number of fused-ring (bicyclic) bond motifs is 2. The summed E-state index contributed by atoms with van der Waals surface area (Å²) in [6.07, 6.45) is 5.95. The highest BCUT2D eigenvalue weighted by Gasteiger charge is 2.42. The molecular weight excluding hydrogens is 352 g/mol. The first-order chi connectivity index (χ1) is 13.5. The van der Waals surface area contributed by atoms with Crippen LogP contribution in [0.2, 0.25) is 0 Å². The number of carbonyl (C=O) groups is 3. The summed E-state index contributed by atoms with van der Waals surface area (Å²) in [6.45, 7) is 5.41. The van der Waals surface area contributed by atoms with E-state index < -0.39 is 17.9 Å². The first-order valence-corrected chi connectivity index (χ1v) is 9.21. The standard InChI is InChI=1S/C23H20N2O3/c1-3-8-20-17-10-5-4-9-16(17)13-14-24(20)21(26)15(2)25-22(27)18-11-6-7-12-19(18)23(25)28/h3-7,9-15,20H,1,8H2,2H3/t15-,20?/m0/s1. The maximum absolute atomic E-state index is 13.3. The summed E-state index contributed by atoms with van der Waals surface area (Å²) in [4.78, 5) is 41.5. The normalized spacial score (nSPS) is 18.7. The Morgan fingerprint density at radius 2 is 1.68 bits per heavy atom. The van der Waals surface area contributed by atoms with Gasteiger partial charge in [-0.05, 0) is 42.7 Å². The maximum Gasteiger partial charge on any atom is 0.262 e. The molecule has 0 N–H and O–H groups in total. The number of rotatable bonds is 4. The molecule has 5 heteroatoms. The van der Waals surface area contributed by atoms with Gasteiger partial charge < -0.3 is 4.90 Å². The Hall–Kier alpha value is -3.47. The summed E-state index contributed by atoms with van der Waals surface area (Å²) in [5.74, 6) is -1.15. The molecule has 4 rings (SSSR count). The fraction of sp³-hybridized carbons (Fsp3) is 0.174. The monoisotopic (exact) mass is 372 g/mol. The van der Waals surface area contributed by atoms with E-state index in [1.54, 1.807) is 48.4 Å². The number of carbonyl (C=O) groups excluding carboxylic acids is 3.